The molecule has 0 fully saturated rings. The molecule has 1 aliphatic carbocycles. The van der Waals surface area contributed by atoms with E-state index in [0.29, 0.717) is 29.7 Å². The third kappa shape index (κ3) is 3.49. The van der Waals surface area contributed by atoms with Gasteiger partial charge in [0, 0.05) is 41.7 Å². The zero-order valence-electron chi connectivity index (χ0n) is 17.3. The Labute approximate surface area is 175 Å². The molecule has 0 saturated carbocycles. The topological polar surface area (TPSA) is 77.5 Å². The van der Waals surface area contributed by atoms with Gasteiger partial charge >= 0.3 is 5.97 Å². The van der Waals surface area contributed by atoms with Gasteiger partial charge in [0.2, 0.25) is 0 Å². The number of hydrogen-bond donors (Lipinski definition) is 1. The number of pyridine rings is 1. The van der Waals surface area contributed by atoms with Crippen molar-refractivity contribution < 1.29 is 19.1 Å². The van der Waals surface area contributed by atoms with E-state index in [0.717, 1.165) is 22.6 Å². The minimum Gasteiger partial charge on any atom is -0.497 e. The fraction of sp³-hybridized carbons (Fsp3) is 0.292. The van der Waals surface area contributed by atoms with Crippen LogP contribution in [0.2, 0.25) is 0 Å². The second-order valence-corrected chi connectivity index (χ2v) is 7.56. The van der Waals surface area contributed by atoms with Crippen LogP contribution in [0.3, 0.4) is 0 Å². The van der Waals surface area contributed by atoms with Crippen molar-refractivity contribution in [1.29, 1.82) is 0 Å². The summed E-state index contributed by atoms with van der Waals surface area (Å²) in [6.07, 6.45) is 4.44. The van der Waals surface area contributed by atoms with Gasteiger partial charge in [-0.05, 0) is 54.7 Å². The fourth-order valence-corrected chi connectivity index (χ4v) is 4.42. The molecule has 30 heavy (non-hydrogen) atoms. The van der Waals surface area contributed by atoms with Crippen LogP contribution in [0, 0.1) is 0 Å². The zero-order valence-corrected chi connectivity index (χ0v) is 17.3. The quantitative estimate of drug-likeness (QED) is 0.785. The highest BCUT2D eigenvalue weighted by atomic mass is 16.5. The number of carbonyl (C=O) groups excluding carboxylic acids is 2. The molecule has 0 bridgehead atoms. The molecule has 1 N–H and O–H groups in total. The van der Waals surface area contributed by atoms with Crippen LogP contribution in [0.15, 0.2) is 71.3 Å². The van der Waals surface area contributed by atoms with Crippen molar-refractivity contribution in [2.45, 2.75) is 31.6 Å². The van der Waals surface area contributed by atoms with Gasteiger partial charge in [0.25, 0.3) is 0 Å². The van der Waals surface area contributed by atoms with Gasteiger partial charge in [0.1, 0.15) is 5.75 Å². The van der Waals surface area contributed by atoms with Crippen molar-refractivity contribution in [3.05, 3.63) is 82.5 Å². The van der Waals surface area contributed by atoms with E-state index in [4.69, 9.17) is 9.47 Å². The SMILES string of the molecule is COC(=O)C1=C(C)NC2=C(C(=O)CC(c3ccc(OC)cc3)C2)C1c1ccncc1. The van der Waals surface area contributed by atoms with Crippen molar-refractivity contribution in [3.8, 4) is 5.75 Å². The van der Waals surface area contributed by atoms with Crippen LogP contribution in [0.5, 0.6) is 5.75 Å². The third-order valence-corrected chi connectivity index (χ3v) is 5.86. The predicted octanol–water partition coefficient (Wildman–Crippen LogP) is 3.62. The van der Waals surface area contributed by atoms with Crippen LogP contribution in [-0.4, -0.2) is 31.0 Å². The molecule has 6 nitrogen and oxygen atoms in total. The van der Waals surface area contributed by atoms with E-state index < -0.39 is 11.9 Å². The lowest BCUT2D eigenvalue weighted by Gasteiger charge is -2.36. The fourth-order valence-electron chi connectivity index (χ4n) is 4.42. The lowest BCUT2D eigenvalue weighted by atomic mass is 9.72. The molecular formula is C24H24N2O4. The largest absolute Gasteiger partial charge is 0.497 e. The van der Waals surface area contributed by atoms with Crippen LogP contribution in [-0.2, 0) is 14.3 Å². The van der Waals surface area contributed by atoms with Crippen LogP contribution < -0.4 is 10.1 Å². The van der Waals surface area contributed by atoms with Crippen LogP contribution in [0.25, 0.3) is 0 Å². The van der Waals surface area contributed by atoms with Gasteiger partial charge in [-0.15, -0.1) is 0 Å². The number of hydrogen-bond acceptors (Lipinski definition) is 6. The maximum atomic E-state index is 13.4. The molecule has 0 spiro atoms. The monoisotopic (exact) mass is 404 g/mol. The molecular weight excluding hydrogens is 380 g/mol. The Morgan fingerprint density at radius 2 is 1.73 bits per heavy atom. The number of aromatic nitrogens is 1. The average molecular weight is 404 g/mol. The standard InChI is InChI=1S/C24H24N2O4/c1-14-21(24(28)30-3)22(16-8-10-25-11-9-16)23-19(26-14)12-17(13-20(23)27)15-4-6-18(29-2)7-5-15/h4-11,17,22,26H,12-13H2,1-3H3. The highest BCUT2D eigenvalue weighted by Gasteiger charge is 2.41. The number of nitrogens with zero attached hydrogens (tertiary/aromatic N) is 1. The number of nitrogens with one attached hydrogen (secondary N) is 1. The molecule has 154 valence electrons. The second-order valence-electron chi connectivity index (χ2n) is 7.56. The highest BCUT2D eigenvalue weighted by molar-refractivity contribution is 6.04. The van der Waals surface area contributed by atoms with E-state index in [2.05, 4.69) is 10.3 Å². The van der Waals surface area contributed by atoms with Gasteiger partial charge in [-0.3, -0.25) is 9.78 Å². The number of Topliss-reactive ketones (excluding diaryl/α,β-unsaturated/α-hetero) is 1. The molecule has 2 aromatic rings. The van der Waals surface area contributed by atoms with Gasteiger partial charge in [0.05, 0.1) is 19.8 Å². The molecule has 2 unspecified atom stereocenters. The number of ketones is 1. The third-order valence-electron chi connectivity index (χ3n) is 5.86. The molecule has 2 aliphatic rings. The number of methoxy groups -OCH3 is 2. The van der Waals surface area contributed by atoms with Crippen LogP contribution in [0.4, 0.5) is 0 Å². The molecule has 1 aliphatic heterocycles. The first kappa shape index (κ1) is 19.9. The normalized spacial score (nSPS) is 21.1. The number of ether oxygens (including phenoxy) is 2. The number of rotatable bonds is 4. The van der Waals surface area contributed by atoms with E-state index in [1.807, 2.05) is 43.3 Å². The van der Waals surface area contributed by atoms with Gasteiger partial charge < -0.3 is 14.8 Å². The Balaban J connectivity index is 1.76. The second kappa shape index (κ2) is 8.14. The van der Waals surface area contributed by atoms with Crippen LogP contribution in [0.1, 0.15) is 42.7 Å². The lowest BCUT2D eigenvalue weighted by molar-refractivity contribution is -0.136. The Morgan fingerprint density at radius 1 is 1.03 bits per heavy atom. The maximum absolute atomic E-state index is 13.4. The summed E-state index contributed by atoms with van der Waals surface area (Å²) >= 11 is 0. The summed E-state index contributed by atoms with van der Waals surface area (Å²) in [6.45, 7) is 1.85. The molecule has 2 atom stereocenters. The first-order chi connectivity index (χ1) is 14.5. The molecule has 1 aromatic carbocycles. The van der Waals surface area contributed by atoms with Crippen molar-refractivity contribution in [2.24, 2.45) is 0 Å². The summed E-state index contributed by atoms with van der Waals surface area (Å²) in [6, 6.07) is 11.5. The number of carbonyl (C=O) groups is 2. The summed E-state index contributed by atoms with van der Waals surface area (Å²) in [5, 5.41) is 3.33. The molecule has 4 rings (SSSR count). The van der Waals surface area contributed by atoms with E-state index >= 15 is 0 Å². The van der Waals surface area contributed by atoms with Crippen molar-refractivity contribution in [2.75, 3.05) is 14.2 Å². The van der Waals surface area contributed by atoms with Gasteiger partial charge in [-0.25, -0.2) is 4.79 Å². The summed E-state index contributed by atoms with van der Waals surface area (Å²) in [5.41, 5.74) is 4.66. The van der Waals surface area contributed by atoms with Gasteiger partial charge in [0.15, 0.2) is 5.78 Å². The number of allylic oxidation sites excluding steroid dienone is 3. The van der Waals surface area contributed by atoms with E-state index in [1.54, 1.807) is 19.5 Å². The van der Waals surface area contributed by atoms with Crippen molar-refractivity contribution in [1.82, 2.24) is 10.3 Å². The number of dihydropyridines is 1. The summed E-state index contributed by atoms with van der Waals surface area (Å²) in [4.78, 5) is 30.1. The summed E-state index contributed by atoms with van der Waals surface area (Å²) in [5.74, 6) is 0.00999. The Kier molecular flexibility index (Phi) is 5.40. The average Bonchev–Trinajstić information content (AvgIpc) is 2.78. The Bertz CT molecular complexity index is 1040. The summed E-state index contributed by atoms with van der Waals surface area (Å²) < 4.78 is 10.3. The molecule has 0 amide bonds. The Hall–Kier alpha value is -3.41. The van der Waals surface area contributed by atoms with Gasteiger partial charge in [-0.2, -0.15) is 0 Å². The number of benzene rings is 1. The first-order valence-corrected chi connectivity index (χ1v) is 9.89. The molecule has 0 radical (unpaired) electrons. The molecule has 6 heteroatoms. The van der Waals surface area contributed by atoms with E-state index in [-0.39, 0.29) is 11.7 Å². The molecule has 0 saturated heterocycles. The first-order valence-electron chi connectivity index (χ1n) is 9.89. The predicted molar refractivity (Wildman–Crippen MR) is 112 cm³/mol. The van der Waals surface area contributed by atoms with Gasteiger partial charge in [-0.1, -0.05) is 12.1 Å². The molecule has 2 heterocycles. The minimum atomic E-state index is -0.457. The summed E-state index contributed by atoms with van der Waals surface area (Å²) in [7, 11) is 2.99. The Morgan fingerprint density at radius 3 is 2.37 bits per heavy atom. The minimum absolute atomic E-state index is 0.0419. The number of esters is 1. The van der Waals surface area contributed by atoms with E-state index in [9.17, 15) is 9.59 Å². The van der Waals surface area contributed by atoms with Crippen LogP contribution >= 0.6 is 0 Å². The van der Waals surface area contributed by atoms with Crippen molar-refractivity contribution in [3.63, 3.8) is 0 Å². The molecule has 1 aromatic heterocycles. The van der Waals surface area contributed by atoms with E-state index in [1.165, 1.54) is 7.11 Å². The zero-order chi connectivity index (χ0) is 21.3. The highest BCUT2D eigenvalue weighted by Crippen LogP contribution is 2.45. The lowest BCUT2D eigenvalue weighted by Crippen LogP contribution is -2.36. The van der Waals surface area contributed by atoms with Crippen molar-refractivity contribution >= 4 is 11.8 Å². The smallest absolute Gasteiger partial charge is 0.336 e. The maximum Gasteiger partial charge on any atom is 0.336 e.